The van der Waals surface area contributed by atoms with Crippen LogP contribution in [0.1, 0.15) is 0 Å². The second kappa shape index (κ2) is 9.57. The van der Waals surface area contributed by atoms with Crippen molar-refractivity contribution in [3.8, 4) is 27.9 Å². The molecule has 4 heterocycles. The minimum absolute atomic E-state index is 1.03. The summed E-state index contributed by atoms with van der Waals surface area (Å²) in [6.45, 7) is 0. The fraction of sp³-hybridized carbons (Fsp3) is 0. The highest BCUT2D eigenvalue weighted by atomic mass is 32.1. The molecule has 0 unspecified atom stereocenters. The summed E-state index contributed by atoms with van der Waals surface area (Å²) in [5.41, 5.74) is 8.41. The molecule has 0 aliphatic heterocycles. The first-order valence-corrected chi connectivity index (χ1v) is 16.6. The van der Waals surface area contributed by atoms with E-state index in [9.17, 15) is 0 Å². The normalized spacial score (nSPS) is 12.0. The molecule has 0 saturated carbocycles. The van der Waals surface area contributed by atoms with Crippen LogP contribution in [0, 0.1) is 0 Å². The number of para-hydroxylation sites is 1. The van der Waals surface area contributed by atoms with Gasteiger partial charge >= 0.3 is 0 Å². The summed E-state index contributed by atoms with van der Waals surface area (Å²) in [5.74, 6) is 0. The van der Waals surface area contributed by atoms with Crippen LogP contribution >= 0.6 is 22.7 Å². The number of aromatic nitrogens is 3. The molecule has 45 heavy (non-hydrogen) atoms. The number of hydrogen-bond donors (Lipinski definition) is 0. The van der Waals surface area contributed by atoms with Crippen molar-refractivity contribution >= 4 is 85.0 Å². The van der Waals surface area contributed by atoms with Crippen molar-refractivity contribution in [2.75, 3.05) is 0 Å². The van der Waals surface area contributed by atoms with Crippen molar-refractivity contribution in [2.45, 2.75) is 0 Å². The molecule has 5 heteroatoms. The molecule has 6 aromatic carbocycles. The highest BCUT2D eigenvalue weighted by molar-refractivity contribution is 7.29. The molecule has 0 fully saturated rings. The highest BCUT2D eigenvalue weighted by Crippen LogP contribution is 2.51. The Bertz CT molecular complexity index is 2700. The summed E-state index contributed by atoms with van der Waals surface area (Å²) < 4.78 is 6.37. The Kier molecular flexibility index (Phi) is 5.32. The van der Waals surface area contributed by atoms with Crippen LogP contribution in [0.2, 0.25) is 0 Å². The van der Waals surface area contributed by atoms with Crippen LogP contribution < -0.4 is 0 Å². The molecule has 0 radical (unpaired) electrons. The largest absolute Gasteiger partial charge is 0.308 e. The zero-order valence-electron chi connectivity index (χ0n) is 23.9. The van der Waals surface area contributed by atoms with E-state index in [1.54, 1.807) is 17.7 Å². The number of hydrogen-bond acceptors (Lipinski definition) is 4. The van der Waals surface area contributed by atoms with Gasteiger partial charge in [0.15, 0.2) is 0 Å². The molecular formula is C40H23N3S2. The molecule has 0 spiro atoms. The maximum atomic E-state index is 4.74. The summed E-state index contributed by atoms with van der Waals surface area (Å²) in [5, 5.41) is 7.51. The van der Waals surface area contributed by atoms with Gasteiger partial charge in [-0.3, -0.25) is 0 Å². The third kappa shape index (κ3) is 3.62. The lowest BCUT2D eigenvalue weighted by Crippen LogP contribution is -1.96. The zero-order chi connectivity index (χ0) is 29.5. The van der Waals surface area contributed by atoms with Crippen molar-refractivity contribution in [1.82, 2.24) is 14.5 Å². The van der Waals surface area contributed by atoms with Crippen molar-refractivity contribution in [3.05, 3.63) is 140 Å². The lowest BCUT2D eigenvalue weighted by Gasteiger charge is -2.14. The monoisotopic (exact) mass is 609 g/mol. The van der Waals surface area contributed by atoms with Gasteiger partial charge < -0.3 is 4.57 Å². The van der Waals surface area contributed by atoms with Crippen LogP contribution in [0.5, 0.6) is 0 Å². The third-order valence-corrected chi connectivity index (χ3v) is 11.2. The van der Waals surface area contributed by atoms with E-state index >= 15 is 0 Å². The van der Waals surface area contributed by atoms with Gasteiger partial charge in [0.2, 0.25) is 0 Å². The first-order chi connectivity index (χ1) is 22.3. The Labute approximate surface area is 266 Å². The van der Waals surface area contributed by atoms with Gasteiger partial charge in [0.05, 0.1) is 15.7 Å². The molecule has 10 aromatic rings. The van der Waals surface area contributed by atoms with Crippen LogP contribution in [0.4, 0.5) is 0 Å². The lowest BCUT2D eigenvalue weighted by atomic mass is 9.98. The first kappa shape index (κ1) is 25.0. The van der Waals surface area contributed by atoms with Gasteiger partial charge in [-0.2, -0.15) is 0 Å². The quantitative estimate of drug-likeness (QED) is 0.199. The van der Waals surface area contributed by atoms with Gasteiger partial charge in [0.1, 0.15) is 11.2 Å². The average molecular weight is 610 g/mol. The second-order valence-electron chi connectivity index (χ2n) is 11.4. The van der Waals surface area contributed by atoms with E-state index < -0.39 is 0 Å². The Balaban J connectivity index is 1.44. The first-order valence-electron chi connectivity index (χ1n) is 15.0. The van der Waals surface area contributed by atoms with E-state index in [4.69, 9.17) is 4.98 Å². The predicted molar refractivity (Wildman–Crippen MR) is 193 cm³/mol. The van der Waals surface area contributed by atoms with E-state index in [-0.39, 0.29) is 0 Å². The summed E-state index contributed by atoms with van der Waals surface area (Å²) >= 11 is 3.67. The fourth-order valence-corrected chi connectivity index (χ4v) is 9.45. The number of nitrogens with zero attached hydrogens (tertiary/aromatic N) is 3. The van der Waals surface area contributed by atoms with Crippen molar-refractivity contribution in [1.29, 1.82) is 0 Å². The molecule has 0 aliphatic rings. The smallest absolute Gasteiger partial charge is 0.127 e. The molecule has 0 amide bonds. The molecular weight excluding hydrogens is 587 g/mol. The van der Waals surface area contributed by atoms with Crippen molar-refractivity contribution in [3.63, 3.8) is 0 Å². The molecule has 0 bridgehead atoms. The summed E-state index contributed by atoms with van der Waals surface area (Å²) in [7, 11) is 0. The van der Waals surface area contributed by atoms with E-state index in [1.165, 1.54) is 74.3 Å². The molecule has 4 aromatic heterocycles. The average Bonchev–Trinajstić information content (AvgIpc) is 3.78. The lowest BCUT2D eigenvalue weighted by molar-refractivity contribution is 1.19. The third-order valence-electron chi connectivity index (χ3n) is 8.92. The second-order valence-corrected chi connectivity index (χ2v) is 13.5. The SMILES string of the molecule is c1ccc(-c2cc(-c3ccccc3)cc(-n3c4ccccc4c4c5sc6ncncc6c5c5c6ccccc6sc5c43)c2)cc1. The predicted octanol–water partition coefficient (Wildman–Crippen LogP) is 11.6. The number of benzene rings is 6. The van der Waals surface area contributed by atoms with E-state index in [1.807, 2.05) is 17.5 Å². The minimum Gasteiger partial charge on any atom is -0.308 e. The zero-order valence-corrected chi connectivity index (χ0v) is 25.6. The van der Waals surface area contributed by atoms with Crippen LogP contribution in [0.15, 0.2) is 140 Å². The maximum absolute atomic E-state index is 4.74. The van der Waals surface area contributed by atoms with Gasteiger partial charge in [-0.1, -0.05) is 97.1 Å². The summed E-state index contributed by atoms with van der Waals surface area (Å²) in [4.78, 5) is 10.2. The Hall–Kier alpha value is -5.36. The van der Waals surface area contributed by atoms with Crippen LogP contribution in [0.25, 0.3) is 90.2 Å². The van der Waals surface area contributed by atoms with Crippen molar-refractivity contribution < 1.29 is 0 Å². The van der Waals surface area contributed by atoms with Crippen LogP contribution in [-0.4, -0.2) is 14.5 Å². The maximum Gasteiger partial charge on any atom is 0.127 e. The fourth-order valence-electron chi connectivity index (χ4n) is 7.01. The van der Waals surface area contributed by atoms with Gasteiger partial charge in [0, 0.05) is 53.6 Å². The molecule has 3 nitrogen and oxygen atoms in total. The molecule has 0 N–H and O–H groups in total. The van der Waals surface area contributed by atoms with Gasteiger partial charge in [-0.25, -0.2) is 9.97 Å². The van der Waals surface area contributed by atoms with Gasteiger partial charge in [-0.05, 0) is 52.6 Å². The molecule has 0 aliphatic carbocycles. The number of fused-ring (bicyclic) bond motifs is 12. The molecule has 0 saturated heterocycles. The Morgan fingerprint density at radius 3 is 1.91 bits per heavy atom. The Morgan fingerprint density at radius 2 is 1.16 bits per heavy atom. The highest BCUT2D eigenvalue weighted by Gasteiger charge is 2.25. The molecule has 210 valence electrons. The van der Waals surface area contributed by atoms with E-state index in [2.05, 4.69) is 137 Å². The van der Waals surface area contributed by atoms with Gasteiger partial charge in [-0.15, -0.1) is 22.7 Å². The van der Waals surface area contributed by atoms with Crippen LogP contribution in [0.3, 0.4) is 0 Å². The van der Waals surface area contributed by atoms with Gasteiger partial charge in [0.25, 0.3) is 0 Å². The number of rotatable bonds is 3. The van der Waals surface area contributed by atoms with Crippen molar-refractivity contribution in [2.24, 2.45) is 0 Å². The summed E-state index contributed by atoms with van der Waals surface area (Å²) in [6.07, 6.45) is 3.66. The topological polar surface area (TPSA) is 30.7 Å². The molecule has 10 rings (SSSR count). The van der Waals surface area contributed by atoms with E-state index in [0.717, 1.165) is 15.9 Å². The van der Waals surface area contributed by atoms with E-state index in [0.29, 0.717) is 0 Å². The number of thiophene rings is 2. The standard InChI is InChI=1S/C40H23N3S2/c1-3-11-24(12-4-1)26-19-27(25-13-5-2-6-14-25)21-28(20-26)43-32-17-9-7-15-29(32)36-37(43)39-34(30-16-8-10-18-33(30)44-39)35-31-22-41-23-42-40(31)45-38(35)36/h1-23H. The molecule has 0 atom stereocenters. The Morgan fingerprint density at radius 1 is 0.511 bits per heavy atom. The summed E-state index contributed by atoms with van der Waals surface area (Å²) in [6, 6.07) is 46.1. The van der Waals surface area contributed by atoms with Crippen LogP contribution in [-0.2, 0) is 0 Å². The minimum atomic E-state index is 1.03.